The predicted octanol–water partition coefficient (Wildman–Crippen LogP) is 5.93. The van der Waals surface area contributed by atoms with E-state index in [0.29, 0.717) is 16.6 Å². The van der Waals surface area contributed by atoms with Gasteiger partial charge in [0.1, 0.15) is 11.5 Å². The summed E-state index contributed by atoms with van der Waals surface area (Å²) in [4.78, 5) is 0. The van der Waals surface area contributed by atoms with E-state index in [1.54, 1.807) is 20.3 Å². The molecule has 28 heavy (non-hydrogen) atoms. The zero-order chi connectivity index (χ0) is 19.8. The van der Waals surface area contributed by atoms with Crippen molar-refractivity contribution < 1.29 is 9.47 Å². The molecule has 0 unspecified atom stereocenters. The van der Waals surface area contributed by atoms with Gasteiger partial charge in [-0.05, 0) is 48.6 Å². The van der Waals surface area contributed by atoms with Crippen LogP contribution in [-0.2, 0) is 0 Å². The van der Waals surface area contributed by atoms with Crippen molar-refractivity contribution in [1.29, 1.82) is 0 Å². The second kappa shape index (κ2) is 9.48. The molecule has 0 bridgehead atoms. The van der Waals surface area contributed by atoms with E-state index in [0.717, 1.165) is 22.7 Å². The minimum Gasteiger partial charge on any atom is -0.497 e. The molecular weight excluding hydrogens is 372 g/mol. The number of ether oxygens (including phenoxy) is 2. The van der Waals surface area contributed by atoms with Gasteiger partial charge in [0, 0.05) is 29.6 Å². The molecule has 6 nitrogen and oxygen atoms in total. The fraction of sp³-hybridized carbons (Fsp3) is 0.0952. The van der Waals surface area contributed by atoms with E-state index < -0.39 is 0 Å². The fourth-order valence-corrected chi connectivity index (χ4v) is 2.63. The Bertz CT molecular complexity index is 938. The van der Waals surface area contributed by atoms with Gasteiger partial charge < -0.3 is 20.1 Å². The number of nitrogens with one attached hydrogen (secondary N) is 2. The summed E-state index contributed by atoms with van der Waals surface area (Å²) in [6.45, 7) is 0. The first-order valence-electron chi connectivity index (χ1n) is 8.54. The molecule has 0 aromatic heterocycles. The van der Waals surface area contributed by atoms with Crippen molar-refractivity contribution in [3.05, 3.63) is 72.8 Å². The molecule has 3 aromatic rings. The van der Waals surface area contributed by atoms with Crippen molar-refractivity contribution in [2.75, 3.05) is 24.9 Å². The van der Waals surface area contributed by atoms with Crippen LogP contribution in [0.4, 0.5) is 22.7 Å². The third kappa shape index (κ3) is 5.52. The van der Waals surface area contributed by atoms with E-state index >= 15 is 0 Å². The van der Waals surface area contributed by atoms with Gasteiger partial charge in [-0.2, -0.15) is 10.2 Å². The molecule has 2 N–H and O–H groups in total. The first-order valence-corrected chi connectivity index (χ1v) is 8.95. The topological polar surface area (TPSA) is 67.2 Å². The Hall–Kier alpha value is -3.45. The second-order valence-electron chi connectivity index (χ2n) is 5.76. The van der Waals surface area contributed by atoms with Crippen LogP contribution in [0.1, 0.15) is 0 Å². The van der Waals surface area contributed by atoms with Gasteiger partial charge in [-0.25, -0.2) is 0 Å². The molecule has 0 atom stereocenters. The molecular formula is C21H20N4O2S. The maximum Gasteiger partial charge on any atom is 0.175 e. The molecule has 3 rings (SSSR count). The molecule has 3 aromatic carbocycles. The van der Waals surface area contributed by atoms with E-state index in [2.05, 4.69) is 20.9 Å². The van der Waals surface area contributed by atoms with Crippen molar-refractivity contribution in [1.82, 2.24) is 0 Å². The Balaban J connectivity index is 1.61. The van der Waals surface area contributed by atoms with Gasteiger partial charge in [0.2, 0.25) is 0 Å². The van der Waals surface area contributed by atoms with Crippen molar-refractivity contribution in [2.24, 2.45) is 10.2 Å². The average Bonchev–Trinajstić information content (AvgIpc) is 2.73. The lowest BCUT2D eigenvalue weighted by molar-refractivity contribution is 0.395. The van der Waals surface area contributed by atoms with Crippen molar-refractivity contribution in [2.45, 2.75) is 0 Å². The number of benzene rings is 3. The second-order valence-corrected chi connectivity index (χ2v) is 6.17. The van der Waals surface area contributed by atoms with E-state index in [9.17, 15) is 0 Å². The average molecular weight is 392 g/mol. The van der Waals surface area contributed by atoms with Crippen LogP contribution in [0, 0.1) is 0 Å². The summed E-state index contributed by atoms with van der Waals surface area (Å²) < 4.78 is 10.5. The van der Waals surface area contributed by atoms with Gasteiger partial charge in [0.25, 0.3) is 0 Å². The first-order chi connectivity index (χ1) is 13.7. The van der Waals surface area contributed by atoms with Crippen LogP contribution in [0.3, 0.4) is 0 Å². The maximum absolute atomic E-state index is 5.38. The Morgan fingerprint density at radius 2 is 1.25 bits per heavy atom. The van der Waals surface area contributed by atoms with E-state index in [-0.39, 0.29) is 0 Å². The van der Waals surface area contributed by atoms with Gasteiger partial charge in [0.15, 0.2) is 5.11 Å². The largest absolute Gasteiger partial charge is 0.497 e. The van der Waals surface area contributed by atoms with Gasteiger partial charge in [-0.1, -0.05) is 18.2 Å². The Morgan fingerprint density at radius 1 is 0.714 bits per heavy atom. The van der Waals surface area contributed by atoms with E-state index in [1.165, 1.54) is 0 Å². The van der Waals surface area contributed by atoms with Crippen LogP contribution in [0.2, 0.25) is 0 Å². The summed E-state index contributed by atoms with van der Waals surface area (Å²) in [5.41, 5.74) is 3.17. The lowest BCUT2D eigenvalue weighted by Crippen LogP contribution is -2.19. The number of hydrogen-bond donors (Lipinski definition) is 2. The summed E-state index contributed by atoms with van der Waals surface area (Å²) in [5, 5.41) is 15.1. The van der Waals surface area contributed by atoms with Crippen LogP contribution in [0.5, 0.6) is 11.5 Å². The number of thiocarbonyl (C=S) groups is 1. The van der Waals surface area contributed by atoms with E-state index in [4.69, 9.17) is 21.7 Å². The fourth-order valence-electron chi connectivity index (χ4n) is 2.39. The first kappa shape index (κ1) is 19.3. The predicted molar refractivity (Wildman–Crippen MR) is 116 cm³/mol. The van der Waals surface area contributed by atoms with Crippen LogP contribution in [0.15, 0.2) is 83.0 Å². The lowest BCUT2D eigenvalue weighted by Gasteiger charge is -2.13. The Labute approximate surface area is 169 Å². The lowest BCUT2D eigenvalue weighted by atomic mass is 10.2. The number of azo groups is 1. The van der Waals surface area contributed by atoms with Crippen LogP contribution in [0.25, 0.3) is 0 Å². The summed E-state index contributed by atoms with van der Waals surface area (Å²) in [6, 6.07) is 22.6. The number of anilines is 2. The highest BCUT2D eigenvalue weighted by molar-refractivity contribution is 7.80. The summed E-state index contributed by atoms with van der Waals surface area (Å²) in [5.74, 6) is 1.36. The number of nitrogens with zero attached hydrogens (tertiary/aromatic N) is 2. The minimum absolute atomic E-state index is 0.453. The molecule has 0 spiro atoms. The van der Waals surface area contributed by atoms with Crippen molar-refractivity contribution in [3.63, 3.8) is 0 Å². The molecule has 0 aliphatic heterocycles. The third-order valence-corrected chi connectivity index (χ3v) is 3.98. The molecule has 0 fully saturated rings. The highest BCUT2D eigenvalue weighted by Crippen LogP contribution is 2.26. The monoisotopic (exact) mass is 392 g/mol. The molecule has 0 saturated heterocycles. The molecule has 0 radical (unpaired) electrons. The zero-order valence-electron chi connectivity index (χ0n) is 15.5. The van der Waals surface area contributed by atoms with Crippen LogP contribution < -0.4 is 20.1 Å². The highest BCUT2D eigenvalue weighted by atomic mass is 32.1. The van der Waals surface area contributed by atoms with Gasteiger partial charge >= 0.3 is 0 Å². The summed E-state index contributed by atoms with van der Waals surface area (Å²) >= 11 is 5.38. The molecule has 7 heteroatoms. The number of rotatable bonds is 6. The molecule has 142 valence electrons. The summed E-state index contributed by atoms with van der Waals surface area (Å²) in [7, 11) is 3.21. The smallest absolute Gasteiger partial charge is 0.175 e. The van der Waals surface area contributed by atoms with Gasteiger partial charge in [-0.3, -0.25) is 0 Å². The minimum atomic E-state index is 0.453. The third-order valence-electron chi connectivity index (χ3n) is 3.77. The maximum atomic E-state index is 5.38. The Morgan fingerprint density at radius 3 is 1.82 bits per heavy atom. The van der Waals surface area contributed by atoms with E-state index in [1.807, 2.05) is 66.7 Å². The van der Waals surface area contributed by atoms with Gasteiger partial charge in [-0.15, -0.1) is 0 Å². The standard InChI is InChI=1S/C21H20N4O2S/c1-26-19-12-18(13-20(14-19)27-2)23-21(28)22-15-8-10-17(11-9-15)25-24-16-6-4-3-5-7-16/h3-14H,1-2H3,(H2,22,23,28). The quantitative estimate of drug-likeness (QED) is 0.402. The molecule has 0 aliphatic rings. The van der Waals surface area contributed by atoms with Crippen LogP contribution in [-0.4, -0.2) is 19.3 Å². The van der Waals surface area contributed by atoms with Crippen LogP contribution >= 0.6 is 12.2 Å². The number of hydrogen-bond acceptors (Lipinski definition) is 5. The Kier molecular flexibility index (Phi) is 6.54. The molecule has 0 amide bonds. The summed E-state index contributed by atoms with van der Waals surface area (Å²) in [6.07, 6.45) is 0. The van der Waals surface area contributed by atoms with Gasteiger partial charge in [0.05, 0.1) is 25.6 Å². The highest BCUT2D eigenvalue weighted by Gasteiger charge is 2.04. The SMILES string of the molecule is COc1cc(NC(=S)Nc2ccc(N=Nc3ccccc3)cc2)cc(OC)c1. The normalized spacial score (nSPS) is 10.5. The molecule has 0 heterocycles. The zero-order valence-corrected chi connectivity index (χ0v) is 16.4. The number of methoxy groups -OCH3 is 2. The molecule has 0 aliphatic carbocycles. The van der Waals surface area contributed by atoms with Crippen molar-refractivity contribution in [3.8, 4) is 11.5 Å². The molecule has 0 saturated carbocycles. The van der Waals surface area contributed by atoms with Crippen molar-refractivity contribution >= 4 is 40.1 Å².